The van der Waals surface area contributed by atoms with Crippen LogP contribution in [0.25, 0.3) is 0 Å². The predicted molar refractivity (Wildman–Crippen MR) is 149 cm³/mol. The molecule has 4 aliphatic rings. The maximum Gasteiger partial charge on any atom is 0.247 e. The number of ketones is 1. The Balaban J connectivity index is 1.46. The van der Waals surface area contributed by atoms with Crippen LogP contribution < -0.4 is 5.32 Å². The summed E-state index contributed by atoms with van der Waals surface area (Å²) in [5.74, 6) is -4.07. The van der Waals surface area contributed by atoms with Crippen molar-refractivity contribution in [1.29, 1.82) is 0 Å². The molecule has 0 radical (unpaired) electrons. The summed E-state index contributed by atoms with van der Waals surface area (Å²) in [6.07, 6.45) is 0. The second-order valence-corrected chi connectivity index (χ2v) is 12.0. The van der Waals surface area contributed by atoms with Gasteiger partial charge in [-0.2, -0.15) is 0 Å². The predicted octanol–water partition coefficient (Wildman–Crippen LogP) is 5.45. The Bertz CT molecular complexity index is 1460. The van der Waals surface area contributed by atoms with Gasteiger partial charge in [0.25, 0.3) is 0 Å². The minimum Gasteiger partial charge on any atom is -0.324 e. The van der Waals surface area contributed by atoms with Crippen molar-refractivity contribution in [2.24, 2.45) is 17.8 Å². The van der Waals surface area contributed by atoms with Gasteiger partial charge in [0.2, 0.25) is 17.7 Å². The molecule has 1 heterocycles. The number of nitrogens with zero attached hydrogens (tertiary/aromatic N) is 1. The first-order valence-electron chi connectivity index (χ1n) is 12.9. The lowest BCUT2D eigenvalue weighted by Gasteiger charge is -2.54. The van der Waals surface area contributed by atoms with Gasteiger partial charge in [-0.25, -0.2) is 0 Å². The van der Waals surface area contributed by atoms with Crippen LogP contribution in [0.15, 0.2) is 72.8 Å². The Kier molecular flexibility index (Phi) is 5.79. The number of carbonyl (C=O) groups is 4. The summed E-state index contributed by atoms with van der Waals surface area (Å²) in [5.41, 5.74) is 3.66. The number of hydrogen-bond acceptors (Lipinski definition) is 4. The average Bonchev–Trinajstić information content (AvgIpc) is 3.18. The lowest BCUT2D eigenvalue weighted by Crippen LogP contribution is -2.57. The molecule has 1 aliphatic heterocycles. The Morgan fingerprint density at radius 2 is 1.26 bits per heavy atom. The number of halogens is 2. The molecule has 0 spiro atoms. The third kappa shape index (κ3) is 3.34. The summed E-state index contributed by atoms with van der Waals surface area (Å²) in [7, 11) is 0. The molecule has 1 saturated heterocycles. The van der Waals surface area contributed by atoms with E-state index in [1.54, 1.807) is 38.1 Å². The Morgan fingerprint density at radius 3 is 1.67 bits per heavy atom. The molecule has 198 valence electrons. The first-order chi connectivity index (χ1) is 18.5. The summed E-state index contributed by atoms with van der Waals surface area (Å²) >= 11 is 15.0. The average molecular weight is 561 g/mol. The van der Waals surface area contributed by atoms with E-state index < -0.39 is 51.3 Å². The first kappa shape index (κ1) is 25.8. The van der Waals surface area contributed by atoms with E-state index in [9.17, 15) is 19.2 Å². The van der Waals surface area contributed by atoms with Gasteiger partial charge < -0.3 is 5.32 Å². The largest absolute Gasteiger partial charge is 0.324 e. The normalized spacial score (nSPS) is 27.2. The number of benzene rings is 3. The number of rotatable bonds is 5. The molecular weight excluding hydrogens is 535 g/mol. The van der Waals surface area contributed by atoms with E-state index in [0.29, 0.717) is 33.5 Å². The Hall–Kier alpha value is -3.48. The van der Waals surface area contributed by atoms with Gasteiger partial charge in [0.15, 0.2) is 5.78 Å². The van der Waals surface area contributed by atoms with Crippen LogP contribution in [-0.2, 0) is 24.1 Å². The number of likely N-dealkylation sites (tertiary alicyclic amines) is 1. The van der Waals surface area contributed by atoms with Gasteiger partial charge in [0, 0.05) is 11.3 Å². The molecule has 3 aromatic carbocycles. The van der Waals surface area contributed by atoms with Crippen molar-refractivity contribution in [2.45, 2.75) is 36.6 Å². The number of hydrogen-bond donors (Lipinski definition) is 1. The number of imide groups is 1. The fraction of sp³-hybridized carbons (Fsp3) is 0.290. The van der Waals surface area contributed by atoms with E-state index in [4.69, 9.17) is 23.2 Å². The molecule has 0 saturated carbocycles. The summed E-state index contributed by atoms with van der Waals surface area (Å²) < 4.78 is 0. The van der Waals surface area contributed by atoms with Gasteiger partial charge >= 0.3 is 0 Å². The fourth-order valence-electron chi connectivity index (χ4n) is 6.71. The van der Waals surface area contributed by atoms with Gasteiger partial charge in [-0.15, -0.1) is 23.2 Å². The van der Waals surface area contributed by atoms with Crippen molar-refractivity contribution < 1.29 is 19.2 Å². The molecule has 3 atom stereocenters. The van der Waals surface area contributed by atoms with E-state index in [-0.39, 0.29) is 5.78 Å². The highest BCUT2D eigenvalue weighted by Gasteiger charge is 2.73. The van der Waals surface area contributed by atoms with Crippen LogP contribution in [-0.4, -0.2) is 34.4 Å². The minimum absolute atomic E-state index is 0.144. The van der Waals surface area contributed by atoms with E-state index >= 15 is 0 Å². The molecule has 1 N–H and O–H groups in total. The Morgan fingerprint density at radius 1 is 0.795 bits per heavy atom. The number of alkyl halides is 2. The van der Waals surface area contributed by atoms with Gasteiger partial charge in [0.1, 0.15) is 15.8 Å². The SMILES string of the molecule is CC(=O)c1cccc(NC(=O)[C@H](C(C)C)N2C(=O)[C@@H]3[C@@H](C2=O)C2(Cl)c4ccccc4C3(Cl)c3ccccc32)c1. The molecule has 3 aliphatic carbocycles. The van der Waals surface area contributed by atoms with Gasteiger partial charge in [0.05, 0.1) is 11.8 Å². The van der Waals surface area contributed by atoms with Crippen molar-refractivity contribution in [3.8, 4) is 0 Å². The van der Waals surface area contributed by atoms with Gasteiger partial charge in [-0.1, -0.05) is 74.5 Å². The maximum atomic E-state index is 14.3. The smallest absolute Gasteiger partial charge is 0.247 e. The number of carbonyl (C=O) groups excluding carboxylic acids is 4. The molecule has 7 rings (SSSR count). The minimum atomic E-state index is -1.32. The fourth-order valence-corrected chi connectivity index (χ4v) is 7.81. The third-order valence-electron chi connectivity index (χ3n) is 8.33. The second-order valence-electron chi connectivity index (χ2n) is 10.8. The van der Waals surface area contributed by atoms with E-state index in [1.807, 2.05) is 48.5 Å². The summed E-state index contributed by atoms with van der Waals surface area (Å²) in [6.45, 7) is 5.00. The summed E-state index contributed by atoms with van der Waals surface area (Å²) in [4.78, 5) is 52.6. The standard InChI is InChI=1S/C31H26Cl2N2O4/c1-16(2)26(27(37)34-19-10-8-9-18(15-19)17(3)36)35-28(38)24-25(29(35)39)31(33)21-12-5-4-11-20(21)30(24,32)22-13-6-7-14-23(22)31/h4-16,24-26H,1-3H3,(H,34,37)/t24-,25-,26-,30?,31?/m0/s1. The van der Waals surface area contributed by atoms with Gasteiger partial charge in [-0.05, 0) is 47.2 Å². The lowest BCUT2D eigenvalue weighted by atomic mass is 9.54. The zero-order valence-electron chi connectivity index (χ0n) is 21.6. The summed E-state index contributed by atoms with van der Waals surface area (Å²) in [6, 6.07) is 20.3. The molecule has 2 bridgehead atoms. The van der Waals surface area contributed by atoms with Crippen molar-refractivity contribution in [2.75, 3.05) is 5.32 Å². The second kappa shape index (κ2) is 8.77. The van der Waals surface area contributed by atoms with Crippen molar-refractivity contribution >= 4 is 52.4 Å². The van der Waals surface area contributed by atoms with Crippen LogP contribution in [0.2, 0.25) is 0 Å². The maximum absolute atomic E-state index is 14.3. The van der Waals surface area contributed by atoms with Crippen LogP contribution in [0.4, 0.5) is 5.69 Å². The quantitative estimate of drug-likeness (QED) is 0.255. The molecule has 6 nitrogen and oxygen atoms in total. The highest BCUT2D eigenvalue weighted by Crippen LogP contribution is 2.69. The molecule has 3 aromatic rings. The van der Waals surface area contributed by atoms with Crippen LogP contribution in [0.3, 0.4) is 0 Å². The molecule has 8 heteroatoms. The van der Waals surface area contributed by atoms with E-state index in [1.165, 1.54) is 6.92 Å². The van der Waals surface area contributed by atoms with E-state index in [2.05, 4.69) is 5.32 Å². The lowest BCUT2D eigenvalue weighted by molar-refractivity contribution is -0.148. The van der Waals surface area contributed by atoms with Crippen LogP contribution in [0, 0.1) is 17.8 Å². The molecule has 0 aromatic heterocycles. The van der Waals surface area contributed by atoms with Crippen molar-refractivity contribution in [3.63, 3.8) is 0 Å². The van der Waals surface area contributed by atoms with Crippen molar-refractivity contribution in [1.82, 2.24) is 4.90 Å². The summed E-state index contributed by atoms with van der Waals surface area (Å²) in [5, 5.41) is 2.81. The van der Waals surface area contributed by atoms with Crippen molar-refractivity contribution in [3.05, 3.63) is 101 Å². The van der Waals surface area contributed by atoms with Crippen LogP contribution in [0.1, 0.15) is 53.4 Å². The molecule has 39 heavy (non-hydrogen) atoms. The van der Waals surface area contributed by atoms with Crippen LogP contribution >= 0.6 is 23.2 Å². The highest BCUT2D eigenvalue weighted by atomic mass is 35.5. The molecule has 1 fully saturated rings. The number of nitrogens with one attached hydrogen (secondary N) is 1. The van der Waals surface area contributed by atoms with Gasteiger partial charge in [-0.3, -0.25) is 24.1 Å². The number of Topliss-reactive ketones (excluding diaryl/α,β-unsaturated/α-hetero) is 1. The first-order valence-corrected chi connectivity index (χ1v) is 13.6. The topological polar surface area (TPSA) is 83.6 Å². The number of anilines is 1. The molecule has 3 amide bonds. The zero-order chi connectivity index (χ0) is 27.9. The molecule has 0 unspecified atom stereocenters. The molecular formula is C31H26Cl2N2O4. The van der Waals surface area contributed by atoms with E-state index in [0.717, 1.165) is 4.90 Å². The number of amides is 3. The van der Waals surface area contributed by atoms with Crippen LogP contribution in [0.5, 0.6) is 0 Å². The monoisotopic (exact) mass is 560 g/mol. The Labute approximate surface area is 236 Å². The zero-order valence-corrected chi connectivity index (χ0v) is 23.1. The third-order valence-corrected chi connectivity index (χ3v) is 9.62. The highest BCUT2D eigenvalue weighted by molar-refractivity contribution is 6.36.